The van der Waals surface area contributed by atoms with Gasteiger partial charge in [-0.15, -0.1) is 0 Å². The topological polar surface area (TPSA) is 65.5 Å². The Labute approximate surface area is 205 Å². The molecule has 2 aromatic carbocycles. The molecule has 2 aromatic rings. The number of amides is 2. The average Bonchev–Trinajstić information content (AvgIpc) is 3.27. The predicted octanol–water partition coefficient (Wildman–Crippen LogP) is 4.41. The zero-order valence-electron chi connectivity index (χ0n) is 20.0. The number of benzene rings is 2. The van der Waals surface area contributed by atoms with Crippen LogP contribution in [0.15, 0.2) is 47.6 Å². The predicted molar refractivity (Wildman–Crippen MR) is 133 cm³/mol. The minimum absolute atomic E-state index is 0.0756. The Morgan fingerprint density at radius 3 is 2.47 bits per heavy atom. The van der Waals surface area contributed by atoms with Crippen molar-refractivity contribution in [1.29, 1.82) is 0 Å². The van der Waals surface area contributed by atoms with E-state index in [0.29, 0.717) is 44.2 Å². The number of rotatable bonds is 5. The lowest BCUT2D eigenvalue weighted by atomic mass is 9.96. The maximum absolute atomic E-state index is 13.5. The van der Waals surface area contributed by atoms with Crippen LogP contribution in [-0.4, -0.2) is 71.9 Å². The van der Waals surface area contributed by atoms with Crippen molar-refractivity contribution >= 4 is 29.3 Å². The molecule has 1 atom stereocenters. The molecule has 2 aliphatic heterocycles. The second-order valence-electron chi connectivity index (χ2n) is 8.79. The van der Waals surface area contributed by atoms with Gasteiger partial charge in [-0.1, -0.05) is 41.9 Å². The van der Waals surface area contributed by atoms with E-state index >= 15 is 0 Å². The molecule has 0 spiro atoms. The third-order valence-corrected chi connectivity index (χ3v) is 6.87. The fourth-order valence-corrected chi connectivity index (χ4v) is 4.65. The van der Waals surface area contributed by atoms with E-state index in [-0.39, 0.29) is 24.6 Å². The van der Waals surface area contributed by atoms with Crippen LogP contribution in [0.5, 0.6) is 0 Å². The summed E-state index contributed by atoms with van der Waals surface area (Å²) >= 11 is 6.53. The highest BCUT2D eigenvalue weighted by Crippen LogP contribution is 2.36. The second-order valence-corrected chi connectivity index (χ2v) is 9.19. The van der Waals surface area contributed by atoms with Gasteiger partial charge in [0.2, 0.25) is 0 Å². The Balaban J connectivity index is 1.52. The molecule has 2 amide bonds. The van der Waals surface area contributed by atoms with E-state index in [0.717, 1.165) is 16.8 Å². The molecule has 0 radical (unpaired) electrons. The van der Waals surface area contributed by atoms with Gasteiger partial charge in [-0.25, -0.2) is 9.80 Å². The van der Waals surface area contributed by atoms with Crippen LogP contribution in [0, 0.1) is 13.8 Å². The molecule has 7 nitrogen and oxygen atoms in total. The first-order valence-electron chi connectivity index (χ1n) is 11.7. The van der Waals surface area contributed by atoms with Crippen molar-refractivity contribution in [3.8, 4) is 0 Å². The van der Waals surface area contributed by atoms with E-state index in [4.69, 9.17) is 21.4 Å². The van der Waals surface area contributed by atoms with Gasteiger partial charge in [0.05, 0.1) is 24.9 Å². The third kappa shape index (κ3) is 5.26. The van der Waals surface area contributed by atoms with Gasteiger partial charge in [0.15, 0.2) is 0 Å². The first-order valence-corrected chi connectivity index (χ1v) is 12.1. The van der Waals surface area contributed by atoms with Crippen molar-refractivity contribution in [2.45, 2.75) is 33.2 Å². The van der Waals surface area contributed by atoms with Crippen LogP contribution < -0.4 is 0 Å². The van der Waals surface area contributed by atoms with Crippen LogP contribution in [0.3, 0.4) is 0 Å². The largest absolute Gasteiger partial charge is 0.450 e. The SMILES string of the molecule is CCOC(=O)N1CCN(CC(=O)N2N=C(c3ccc(C)c(C)c3)CC2c2ccccc2Cl)CC1. The number of hydrogen-bond donors (Lipinski definition) is 0. The summed E-state index contributed by atoms with van der Waals surface area (Å²) in [5.41, 5.74) is 5.22. The second kappa shape index (κ2) is 10.6. The van der Waals surface area contributed by atoms with E-state index in [2.05, 4.69) is 36.9 Å². The van der Waals surface area contributed by atoms with Gasteiger partial charge in [-0.2, -0.15) is 5.10 Å². The Morgan fingerprint density at radius 1 is 1.06 bits per heavy atom. The Morgan fingerprint density at radius 2 is 1.79 bits per heavy atom. The summed E-state index contributed by atoms with van der Waals surface area (Å²) in [4.78, 5) is 29.2. The van der Waals surface area contributed by atoms with E-state index in [1.165, 1.54) is 11.1 Å². The van der Waals surface area contributed by atoms with Crippen molar-refractivity contribution in [2.24, 2.45) is 5.10 Å². The summed E-state index contributed by atoms with van der Waals surface area (Å²) in [6, 6.07) is 13.7. The molecule has 1 saturated heterocycles. The van der Waals surface area contributed by atoms with Crippen molar-refractivity contribution in [1.82, 2.24) is 14.8 Å². The van der Waals surface area contributed by atoms with Crippen molar-refractivity contribution < 1.29 is 14.3 Å². The number of ether oxygens (including phenoxy) is 1. The Bertz CT molecular complexity index is 1100. The summed E-state index contributed by atoms with van der Waals surface area (Å²) < 4.78 is 5.09. The zero-order chi connectivity index (χ0) is 24.2. The summed E-state index contributed by atoms with van der Waals surface area (Å²) in [5.74, 6) is -0.0756. The highest BCUT2D eigenvalue weighted by Gasteiger charge is 2.35. The van der Waals surface area contributed by atoms with Gasteiger partial charge >= 0.3 is 6.09 Å². The minimum Gasteiger partial charge on any atom is -0.450 e. The molecule has 180 valence electrons. The molecule has 0 N–H and O–H groups in total. The number of piperazine rings is 1. The molecule has 1 unspecified atom stereocenters. The normalized spacial score (nSPS) is 18.7. The maximum Gasteiger partial charge on any atom is 0.409 e. The lowest BCUT2D eigenvalue weighted by molar-refractivity contribution is -0.134. The average molecular weight is 483 g/mol. The number of aryl methyl sites for hydroxylation is 2. The smallest absolute Gasteiger partial charge is 0.409 e. The molecule has 8 heteroatoms. The number of hydrazone groups is 1. The van der Waals surface area contributed by atoms with Gasteiger partial charge in [0.1, 0.15) is 0 Å². The molecule has 2 aliphatic rings. The molecule has 0 aromatic heterocycles. The van der Waals surface area contributed by atoms with Crippen molar-refractivity contribution in [3.63, 3.8) is 0 Å². The number of hydrogen-bond acceptors (Lipinski definition) is 5. The summed E-state index contributed by atoms with van der Waals surface area (Å²) in [6.45, 7) is 8.86. The van der Waals surface area contributed by atoms with Crippen LogP contribution in [0.2, 0.25) is 5.02 Å². The first kappa shape index (κ1) is 24.2. The van der Waals surface area contributed by atoms with Gasteiger partial charge < -0.3 is 9.64 Å². The third-order valence-electron chi connectivity index (χ3n) is 6.53. The molecule has 0 aliphatic carbocycles. The first-order chi connectivity index (χ1) is 16.4. The van der Waals surface area contributed by atoms with E-state index in [9.17, 15) is 9.59 Å². The van der Waals surface area contributed by atoms with Gasteiger partial charge in [0, 0.05) is 37.6 Å². The number of nitrogens with zero attached hydrogens (tertiary/aromatic N) is 4. The van der Waals surface area contributed by atoms with E-state index in [1.807, 2.05) is 24.3 Å². The monoisotopic (exact) mass is 482 g/mol. The maximum atomic E-state index is 13.5. The number of halogens is 1. The standard InChI is InChI=1S/C26H31ClN4O3/c1-4-34-26(33)30-13-11-29(12-14-30)17-25(32)31-24(21-7-5-6-8-22(21)27)16-23(28-31)20-10-9-18(2)19(3)15-20/h5-10,15,24H,4,11-14,16-17H2,1-3H3. The van der Waals surface area contributed by atoms with Crippen LogP contribution in [0.4, 0.5) is 4.79 Å². The van der Waals surface area contributed by atoms with Gasteiger partial charge in [-0.05, 0) is 55.2 Å². The molecule has 1 fully saturated rings. The van der Waals surface area contributed by atoms with E-state index < -0.39 is 0 Å². The fourth-order valence-electron chi connectivity index (χ4n) is 4.39. The van der Waals surface area contributed by atoms with Crippen LogP contribution in [0.25, 0.3) is 0 Å². The van der Waals surface area contributed by atoms with Crippen LogP contribution >= 0.6 is 11.6 Å². The molecular weight excluding hydrogens is 452 g/mol. The minimum atomic E-state index is -0.297. The molecule has 0 saturated carbocycles. The number of carbonyl (C=O) groups excluding carboxylic acids is 2. The lowest BCUT2D eigenvalue weighted by Gasteiger charge is -2.34. The van der Waals surface area contributed by atoms with Crippen molar-refractivity contribution in [2.75, 3.05) is 39.3 Å². The number of carbonyl (C=O) groups is 2. The molecular formula is C26H31ClN4O3. The zero-order valence-corrected chi connectivity index (χ0v) is 20.7. The van der Waals surface area contributed by atoms with Crippen molar-refractivity contribution in [3.05, 3.63) is 69.7 Å². The van der Waals surface area contributed by atoms with Crippen LogP contribution in [-0.2, 0) is 9.53 Å². The highest BCUT2D eigenvalue weighted by atomic mass is 35.5. The summed E-state index contributed by atoms with van der Waals surface area (Å²) in [6.07, 6.45) is 0.309. The Hall–Kier alpha value is -2.90. The Kier molecular flexibility index (Phi) is 7.54. The quantitative estimate of drug-likeness (QED) is 0.633. The van der Waals surface area contributed by atoms with E-state index in [1.54, 1.807) is 16.8 Å². The molecule has 2 heterocycles. The molecule has 34 heavy (non-hydrogen) atoms. The lowest BCUT2D eigenvalue weighted by Crippen LogP contribution is -2.51. The summed E-state index contributed by atoms with van der Waals surface area (Å²) in [7, 11) is 0. The van der Waals surface area contributed by atoms with Gasteiger partial charge in [0.25, 0.3) is 5.91 Å². The molecule has 4 rings (SSSR count). The fraction of sp³-hybridized carbons (Fsp3) is 0.423. The highest BCUT2D eigenvalue weighted by molar-refractivity contribution is 6.31. The molecule has 0 bridgehead atoms. The van der Waals surface area contributed by atoms with Crippen LogP contribution in [0.1, 0.15) is 41.6 Å². The summed E-state index contributed by atoms with van der Waals surface area (Å²) in [5, 5.41) is 7.02. The van der Waals surface area contributed by atoms with Gasteiger partial charge in [-0.3, -0.25) is 9.69 Å².